The Hall–Kier alpha value is -3.70. The fourth-order valence-corrected chi connectivity index (χ4v) is 8.59. The van der Waals surface area contributed by atoms with Crippen molar-refractivity contribution in [3.8, 4) is 63.0 Å². The Labute approximate surface area is 323 Å². The van der Waals surface area contributed by atoms with Crippen LogP contribution >= 0.6 is 68.0 Å². The smallest absolute Gasteiger partial charge is 0.318 e. The number of nitrogens with zero attached hydrogens (tertiary/aromatic N) is 3. The van der Waals surface area contributed by atoms with Crippen LogP contribution in [-0.4, -0.2) is 15.0 Å². The summed E-state index contributed by atoms with van der Waals surface area (Å²) < 4.78 is 0. The van der Waals surface area contributed by atoms with Crippen LogP contribution in [0.4, 0.5) is 0 Å². The molecular formula is C39H24IrN3S6. The number of aromatic nitrogens is 3. The molecule has 0 unspecified atom stereocenters. The summed E-state index contributed by atoms with van der Waals surface area (Å²) >= 11 is 10.2. The molecule has 3 nitrogen and oxygen atoms in total. The molecule has 0 saturated heterocycles. The van der Waals surface area contributed by atoms with E-state index in [9.17, 15) is 0 Å². The first-order valence-electron chi connectivity index (χ1n) is 14.7. The van der Waals surface area contributed by atoms with Gasteiger partial charge in [-0.1, -0.05) is 69.2 Å². The molecular weight excluding hydrogens is 895 g/mol. The second-order valence-electron chi connectivity index (χ2n) is 9.91. The van der Waals surface area contributed by atoms with Crippen molar-refractivity contribution in [2.75, 3.05) is 0 Å². The Morgan fingerprint density at radius 1 is 0.367 bits per heavy atom. The molecule has 49 heavy (non-hydrogen) atoms. The fourth-order valence-electron chi connectivity index (χ4n) is 4.49. The van der Waals surface area contributed by atoms with Gasteiger partial charge in [0.2, 0.25) is 0 Å². The molecule has 10 heteroatoms. The molecule has 0 bridgehead atoms. The minimum atomic E-state index is 0. The van der Waals surface area contributed by atoms with Crippen molar-refractivity contribution in [2.45, 2.75) is 0 Å². The van der Waals surface area contributed by atoms with Crippen LogP contribution < -0.4 is 0 Å². The molecule has 0 spiro atoms. The molecule has 0 N–H and O–H groups in total. The van der Waals surface area contributed by atoms with Gasteiger partial charge in [-0.3, -0.25) is 0 Å². The van der Waals surface area contributed by atoms with Crippen molar-refractivity contribution >= 4 is 68.0 Å². The molecule has 9 aromatic heterocycles. The quantitative estimate of drug-likeness (QED) is 0.156. The fraction of sp³-hybridized carbons (Fsp3) is 0. The van der Waals surface area contributed by atoms with Gasteiger partial charge in [0.25, 0.3) is 0 Å². The van der Waals surface area contributed by atoms with Crippen molar-refractivity contribution in [1.29, 1.82) is 0 Å². The van der Waals surface area contributed by atoms with Crippen LogP contribution in [0.15, 0.2) is 142 Å². The van der Waals surface area contributed by atoms with Gasteiger partial charge in [-0.05, 0) is 51.4 Å². The Balaban J connectivity index is 0.000000126. The molecule has 0 saturated carbocycles. The van der Waals surface area contributed by atoms with E-state index in [-0.39, 0.29) is 20.1 Å². The predicted molar refractivity (Wildman–Crippen MR) is 209 cm³/mol. The number of rotatable bonds is 6. The standard InChI is InChI=1S/3C13H8NS2.Ir/c3*1-3-12(15-7-1)10-5-6-11(14-9-10)13-4-2-8-16-13;/h3*1-3,5-9H;/q3*-1;+3. The molecule has 9 heterocycles. The van der Waals surface area contributed by atoms with E-state index in [2.05, 4.69) is 122 Å². The minimum Gasteiger partial charge on any atom is -0.318 e. The molecule has 0 aliphatic rings. The molecule has 0 radical (unpaired) electrons. The maximum Gasteiger partial charge on any atom is 3.00 e. The first-order valence-corrected chi connectivity index (χ1v) is 19.9. The Morgan fingerprint density at radius 2 is 0.694 bits per heavy atom. The van der Waals surface area contributed by atoms with E-state index < -0.39 is 0 Å². The third-order valence-electron chi connectivity index (χ3n) is 6.81. The SMILES string of the molecule is [Ir+3].[c-]1ccsc1-c1ccc(-c2cccs2)cn1.[c-]1ccsc1-c1ccc(-c2cccs2)cn1.[c-]1ccsc1-c1ccc(-c2cccs2)cn1. The minimum absolute atomic E-state index is 0. The zero-order valence-electron chi connectivity index (χ0n) is 25.5. The Kier molecular flexibility index (Phi) is 12.8. The van der Waals surface area contributed by atoms with E-state index in [1.54, 1.807) is 68.0 Å². The van der Waals surface area contributed by atoms with Gasteiger partial charge in [0, 0.05) is 49.9 Å². The van der Waals surface area contributed by atoms with Crippen molar-refractivity contribution in [2.24, 2.45) is 0 Å². The van der Waals surface area contributed by atoms with E-state index >= 15 is 0 Å². The molecule has 0 atom stereocenters. The predicted octanol–water partition coefficient (Wildman–Crippen LogP) is 13.0. The average molecular weight is 919 g/mol. The molecule has 0 aromatic carbocycles. The average Bonchev–Trinajstić information content (AvgIpc) is 4.01. The van der Waals surface area contributed by atoms with Crippen LogP contribution in [0.2, 0.25) is 0 Å². The van der Waals surface area contributed by atoms with Gasteiger partial charge in [-0.2, -0.15) is 36.4 Å². The van der Waals surface area contributed by atoms with Gasteiger partial charge < -0.3 is 15.0 Å². The number of pyridine rings is 3. The summed E-state index contributed by atoms with van der Waals surface area (Å²) in [4.78, 5) is 20.4. The number of hydrogen-bond donors (Lipinski definition) is 0. The van der Waals surface area contributed by atoms with Crippen molar-refractivity contribution in [1.82, 2.24) is 15.0 Å². The second-order valence-corrected chi connectivity index (χ2v) is 15.5. The van der Waals surface area contributed by atoms with Gasteiger partial charge in [0.05, 0.1) is 0 Å². The summed E-state index contributed by atoms with van der Waals surface area (Å²) in [5, 5.41) is 12.3. The zero-order chi connectivity index (χ0) is 32.4. The Morgan fingerprint density at radius 3 is 0.898 bits per heavy atom. The summed E-state index contributed by atoms with van der Waals surface area (Å²) in [6, 6.07) is 40.3. The topological polar surface area (TPSA) is 38.7 Å². The van der Waals surface area contributed by atoms with Crippen molar-refractivity contribution < 1.29 is 20.1 Å². The van der Waals surface area contributed by atoms with Crippen molar-refractivity contribution in [3.63, 3.8) is 0 Å². The summed E-state index contributed by atoms with van der Waals surface area (Å²) in [5.74, 6) is 0. The first-order chi connectivity index (χ1) is 23.8. The molecule has 0 fully saturated rings. The maximum atomic E-state index is 4.46. The number of thiophene rings is 6. The van der Waals surface area contributed by atoms with E-state index in [1.165, 1.54) is 31.3 Å². The summed E-state index contributed by atoms with van der Waals surface area (Å²) in [5.41, 5.74) is 6.52. The molecule has 0 aliphatic carbocycles. The van der Waals surface area contributed by atoms with Crippen molar-refractivity contribution in [3.05, 3.63) is 160 Å². The Bertz CT molecular complexity index is 1760. The van der Waals surface area contributed by atoms with Crippen LogP contribution in [0, 0.1) is 18.2 Å². The van der Waals surface area contributed by atoms with Crippen LogP contribution in [0.5, 0.6) is 0 Å². The maximum absolute atomic E-state index is 4.46. The van der Waals surface area contributed by atoms with Crippen LogP contribution in [0.3, 0.4) is 0 Å². The molecule has 240 valence electrons. The monoisotopic (exact) mass is 919 g/mol. The van der Waals surface area contributed by atoms with Gasteiger partial charge in [0.1, 0.15) is 0 Å². The summed E-state index contributed by atoms with van der Waals surface area (Å²) in [7, 11) is 0. The summed E-state index contributed by atoms with van der Waals surface area (Å²) in [6.45, 7) is 0. The van der Waals surface area contributed by atoms with Gasteiger partial charge >= 0.3 is 20.1 Å². The third-order valence-corrected chi connectivity index (χ3v) is 12.1. The summed E-state index contributed by atoms with van der Waals surface area (Å²) in [6.07, 6.45) is 5.78. The van der Waals surface area contributed by atoms with Crippen LogP contribution in [-0.2, 0) is 20.1 Å². The van der Waals surface area contributed by atoms with Crippen LogP contribution in [0.1, 0.15) is 0 Å². The van der Waals surface area contributed by atoms with Crippen LogP contribution in [0.25, 0.3) is 63.0 Å². The zero-order valence-corrected chi connectivity index (χ0v) is 32.8. The van der Waals surface area contributed by atoms with E-state index in [4.69, 9.17) is 0 Å². The molecule has 9 aromatic rings. The second kappa shape index (κ2) is 17.8. The van der Waals surface area contributed by atoms with E-state index in [0.717, 1.165) is 31.7 Å². The normalized spacial score (nSPS) is 10.3. The van der Waals surface area contributed by atoms with Gasteiger partial charge in [-0.25, -0.2) is 34.0 Å². The third kappa shape index (κ3) is 9.30. The van der Waals surface area contributed by atoms with Gasteiger partial charge in [0.15, 0.2) is 0 Å². The molecule has 9 rings (SSSR count). The van der Waals surface area contributed by atoms with E-state index in [1.807, 2.05) is 52.9 Å². The molecule has 0 amide bonds. The van der Waals surface area contributed by atoms with Gasteiger partial charge in [-0.15, -0.1) is 50.2 Å². The largest absolute Gasteiger partial charge is 3.00 e. The number of hydrogen-bond acceptors (Lipinski definition) is 9. The molecule has 0 aliphatic heterocycles. The first kappa shape index (κ1) is 35.1. The van der Waals surface area contributed by atoms with E-state index in [0.29, 0.717) is 0 Å².